The van der Waals surface area contributed by atoms with E-state index in [1.165, 1.54) is 23.9 Å². The molecule has 2 aromatic rings. The molecule has 0 aliphatic heterocycles. The Kier molecular flexibility index (Phi) is 4.65. The van der Waals surface area contributed by atoms with E-state index in [4.69, 9.17) is 0 Å². The van der Waals surface area contributed by atoms with E-state index in [0.717, 1.165) is 28.4 Å². The zero-order valence-electron chi connectivity index (χ0n) is 11.9. The highest BCUT2D eigenvalue weighted by molar-refractivity contribution is 8.00. The number of halogens is 1. The Hall–Kier alpha value is -1.55. The Morgan fingerprint density at radius 2 is 1.90 bits per heavy atom. The fourth-order valence-electron chi connectivity index (χ4n) is 2.33. The summed E-state index contributed by atoms with van der Waals surface area (Å²) in [6, 6.07) is 8.17. The average molecular weight is 291 g/mol. The summed E-state index contributed by atoms with van der Waals surface area (Å²) in [6.07, 6.45) is 0. The lowest BCUT2D eigenvalue weighted by Gasteiger charge is -2.05. The molecular formula is C16H18FNOS. The Balaban J connectivity index is 2.07. The maximum absolute atomic E-state index is 12.8. The van der Waals surface area contributed by atoms with Crippen LogP contribution in [0.5, 0.6) is 0 Å². The van der Waals surface area contributed by atoms with Crippen molar-refractivity contribution in [3.05, 3.63) is 53.1 Å². The van der Waals surface area contributed by atoms with Crippen molar-refractivity contribution in [1.82, 2.24) is 4.57 Å². The SMILES string of the molecule is CCn1c(C)cc(C(=O)CSc2ccc(F)cc2)c1C. The first-order valence-corrected chi connectivity index (χ1v) is 7.59. The number of carbonyl (C=O) groups is 1. The molecule has 1 aromatic heterocycles. The number of rotatable bonds is 5. The standard InChI is InChI=1S/C16H18FNOS/c1-4-18-11(2)9-15(12(18)3)16(19)10-20-14-7-5-13(17)6-8-14/h5-9H,4,10H2,1-3H3. The van der Waals surface area contributed by atoms with Crippen molar-refractivity contribution < 1.29 is 9.18 Å². The van der Waals surface area contributed by atoms with Gasteiger partial charge in [0.05, 0.1) is 5.75 Å². The Morgan fingerprint density at radius 1 is 1.25 bits per heavy atom. The Bertz CT molecular complexity index is 616. The number of hydrogen-bond acceptors (Lipinski definition) is 2. The quantitative estimate of drug-likeness (QED) is 0.607. The number of ketones is 1. The van der Waals surface area contributed by atoms with Crippen LogP contribution in [0.3, 0.4) is 0 Å². The summed E-state index contributed by atoms with van der Waals surface area (Å²) in [4.78, 5) is 13.2. The second-order valence-corrected chi connectivity index (χ2v) is 5.74. The smallest absolute Gasteiger partial charge is 0.174 e. The van der Waals surface area contributed by atoms with E-state index in [9.17, 15) is 9.18 Å². The molecule has 1 aromatic carbocycles. The minimum Gasteiger partial charge on any atom is -0.349 e. The topological polar surface area (TPSA) is 22.0 Å². The third-order valence-electron chi connectivity index (χ3n) is 3.37. The number of aryl methyl sites for hydroxylation is 1. The first-order valence-electron chi connectivity index (χ1n) is 6.61. The van der Waals surface area contributed by atoms with E-state index in [1.807, 2.05) is 19.9 Å². The summed E-state index contributed by atoms with van der Waals surface area (Å²) >= 11 is 1.44. The van der Waals surface area contributed by atoms with Crippen LogP contribution in [-0.2, 0) is 6.54 Å². The molecule has 2 rings (SSSR count). The minimum atomic E-state index is -0.257. The molecule has 0 unspecified atom stereocenters. The van der Waals surface area contributed by atoms with E-state index in [1.54, 1.807) is 12.1 Å². The number of Topliss-reactive ketones (excluding diaryl/α,β-unsaturated/α-hetero) is 1. The molecule has 0 radical (unpaired) electrons. The maximum atomic E-state index is 12.8. The van der Waals surface area contributed by atoms with Crippen LogP contribution in [0.25, 0.3) is 0 Å². The van der Waals surface area contributed by atoms with Gasteiger partial charge in [0.15, 0.2) is 5.78 Å². The highest BCUT2D eigenvalue weighted by Gasteiger charge is 2.15. The fourth-order valence-corrected chi connectivity index (χ4v) is 3.11. The van der Waals surface area contributed by atoms with Gasteiger partial charge in [-0.1, -0.05) is 0 Å². The summed E-state index contributed by atoms with van der Waals surface area (Å²) in [5.74, 6) is 0.235. The van der Waals surface area contributed by atoms with Gasteiger partial charge >= 0.3 is 0 Å². The van der Waals surface area contributed by atoms with Crippen LogP contribution in [0, 0.1) is 19.7 Å². The number of benzene rings is 1. The van der Waals surface area contributed by atoms with E-state index < -0.39 is 0 Å². The van der Waals surface area contributed by atoms with Crippen molar-refractivity contribution in [2.75, 3.05) is 5.75 Å². The van der Waals surface area contributed by atoms with Gasteiger partial charge in [-0.05, 0) is 51.1 Å². The van der Waals surface area contributed by atoms with Gasteiger partial charge in [0.25, 0.3) is 0 Å². The minimum absolute atomic E-state index is 0.118. The van der Waals surface area contributed by atoms with Crippen LogP contribution in [0.2, 0.25) is 0 Å². The molecule has 0 atom stereocenters. The number of hydrogen-bond donors (Lipinski definition) is 0. The largest absolute Gasteiger partial charge is 0.349 e. The number of nitrogens with zero attached hydrogens (tertiary/aromatic N) is 1. The fraction of sp³-hybridized carbons (Fsp3) is 0.312. The third kappa shape index (κ3) is 3.12. The first kappa shape index (κ1) is 14.9. The molecule has 2 nitrogen and oxygen atoms in total. The number of carbonyl (C=O) groups excluding carboxylic acids is 1. The Morgan fingerprint density at radius 3 is 2.45 bits per heavy atom. The highest BCUT2D eigenvalue weighted by atomic mass is 32.2. The molecule has 20 heavy (non-hydrogen) atoms. The molecule has 0 aliphatic rings. The summed E-state index contributed by atoms with van der Waals surface area (Å²) in [5, 5.41) is 0. The lowest BCUT2D eigenvalue weighted by molar-refractivity contribution is 0.102. The summed E-state index contributed by atoms with van der Waals surface area (Å²) in [7, 11) is 0. The van der Waals surface area contributed by atoms with Crippen LogP contribution in [0.4, 0.5) is 4.39 Å². The van der Waals surface area contributed by atoms with Crippen molar-refractivity contribution in [3.63, 3.8) is 0 Å². The van der Waals surface area contributed by atoms with Crippen molar-refractivity contribution in [2.24, 2.45) is 0 Å². The molecule has 0 N–H and O–H groups in total. The number of aromatic nitrogens is 1. The van der Waals surface area contributed by atoms with Gasteiger partial charge in [-0.3, -0.25) is 4.79 Å². The molecule has 0 saturated carbocycles. The molecule has 4 heteroatoms. The van der Waals surface area contributed by atoms with Crippen LogP contribution < -0.4 is 0 Å². The van der Waals surface area contributed by atoms with Crippen molar-refractivity contribution in [1.29, 1.82) is 0 Å². The van der Waals surface area contributed by atoms with Crippen molar-refractivity contribution in [2.45, 2.75) is 32.2 Å². The molecule has 0 aliphatic carbocycles. The third-order valence-corrected chi connectivity index (χ3v) is 4.39. The Labute approximate surface area is 123 Å². The van der Waals surface area contributed by atoms with Crippen molar-refractivity contribution >= 4 is 17.5 Å². The molecule has 1 heterocycles. The van der Waals surface area contributed by atoms with Crippen LogP contribution >= 0.6 is 11.8 Å². The first-order chi connectivity index (χ1) is 9.52. The normalized spacial score (nSPS) is 10.8. The molecule has 0 saturated heterocycles. The zero-order chi connectivity index (χ0) is 14.7. The lowest BCUT2D eigenvalue weighted by Crippen LogP contribution is -2.05. The average Bonchev–Trinajstić information content (AvgIpc) is 2.72. The second kappa shape index (κ2) is 6.27. The van der Waals surface area contributed by atoms with E-state index >= 15 is 0 Å². The predicted molar refractivity (Wildman–Crippen MR) is 81.0 cm³/mol. The van der Waals surface area contributed by atoms with Gasteiger partial charge in [-0.15, -0.1) is 11.8 Å². The lowest BCUT2D eigenvalue weighted by atomic mass is 10.2. The molecule has 0 fully saturated rings. The summed E-state index contributed by atoms with van der Waals surface area (Å²) < 4.78 is 14.9. The molecular weight excluding hydrogens is 273 g/mol. The zero-order valence-corrected chi connectivity index (χ0v) is 12.8. The van der Waals surface area contributed by atoms with Gasteiger partial charge in [0.2, 0.25) is 0 Å². The van der Waals surface area contributed by atoms with Gasteiger partial charge in [-0.25, -0.2) is 4.39 Å². The predicted octanol–water partition coefficient (Wildman–Crippen LogP) is 4.24. The highest BCUT2D eigenvalue weighted by Crippen LogP contribution is 2.22. The van der Waals surface area contributed by atoms with Crippen LogP contribution in [0.15, 0.2) is 35.2 Å². The maximum Gasteiger partial charge on any atom is 0.174 e. The second-order valence-electron chi connectivity index (χ2n) is 4.69. The van der Waals surface area contributed by atoms with Gasteiger partial charge in [0.1, 0.15) is 5.82 Å². The molecule has 0 spiro atoms. The van der Waals surface area contributed by atoms with E-state index in [-0.39, 0.29) is 11.6 Å². The van der Waals surface area contributed by atoms with Gasteiger partial charge in [0, 0.05) is 28.4 Å². The van der Waals surface area contributed by atoms with Crippen LogP contribution in [0.1, 0.15) is 28.7 Å². The van der Waals surface area contributed by atoms with Crippen molar-refractivity contribution in [3.8, 4) is 0 Å². The summed E-state index contributed by atoms with van der Waals surface area (Å²) in [5.41, 5.74) is 2.92. The molecule has 106 valence electrons. The van der Waals surface area contributed by atoms with E-state index in [0.29, 0.717) is 5.75 Å². The monoisotopic (exact) mass is 291 g/mol. The van der Waals surface area contributed by atoms with Crippen LogP contribution in [-0.4, -0.2) is 16.1 Å². The molecule has 0 bridgehead atoms. The van der Waals surface area contributed by atoms with E-state index in [2.05, 4.69) is 11.5 Å². The summed E-state index contributed by atoms with van der Waals surface area (Å²) in [6.45, 7) is 6.93. The van der Waals surface area contributed by atoms with Gasteiger partial charge < -0.3 is 4.57 Å². The molecule has 0 amide bonds. The number of thioether (sulfide) groups is 1. The van der Waals surface area contributed by atoms with Gasteiger partial charge in [-0.2, -0.15) is 0 Å².